The maximum Gasteiger partial charge on any atom is 0.407 e. The summed E-state index contributed by atoms with van der Waals surface area (Å²) in [6.07, 6.45) is -0.354. The van der Waals surface area contributed by atoms with E-state index in [0.29, 0.717) is 6.54 Å². The number of carbonyl (C=O) groups is 2. The molecule has 6 nitrogen and oxygen atoms in total. The monoisotopic (exact) mass is 260 g/mol. The molecule has 2 unspecified atom stereocenters. The molecule has 1 amide bonds. The molecule has 18 heavy (non-hydrogen) atoms. The first-order valence-electron chi connectivity index (χ1n) is 5.95. The van der Waals surface area contributed by atoms with Crippen molar-refractivity contribution in [2.24, 2.45) is 11.7 Å². The Labute approximate surface area is 108 Å². The van der Waals surface area contributed by atoms with Gasteiger partial charge in [0.05, 0.1) is 13.5 Å². The fourth-order valence-corrected chi connectivity index (χ4v) is 1.19. The molecule has 6 heteroatoms. The smallest absolute Gasteiger partial charge is 0.407 e. The molecule has 0 heterocycles. The zero-order chi connectivity index (χ0) is 14.3. The van der Waals surface area contributed by atoms with Crippen molar-refractivity contribution in [1.82, 2.24) is 5.32 Å². The van der Waals surface area contributed by atoms with Crippen LogP contribution in [0.15, 0.2) is 0 Å². The summed E-state index contributed by atoms with van der Waals surface area (Å²) < 4.78 is 9.62. The Bertz CT molecular complexity index is 286. The lowest BCUT2D eigenvalue weighted by Gasteiger charge is -2.22. The highest BCUT2D eigenvalue weighted by molar-refractivity contribution is 5.70. The Morgan fingerprint density at radius 2 is 1.89 bits per heavy atom. The Balaban J connectivity index is 3.99. The van der Waals surface area contributed by atoms with Gasteiger partial charge >= 0.3 is 12.1 Å². The molecule has 0 saturated heterocycles. The lowest BCUT2D eigenvalue weighted by atomic mass is 10.00. The number of ether oxygens (including phenoxy) is 2. The summed E-state index contributed by atoms with van der Waals surface area (Å²) in [4.78, 5) is 22.4. The van der Waals surface area contributed by atoms with Gasteiger partial charge in [0.15, 0.2) is 0 Å². The number of carbonyl (C=O) groups excluding carboxylic acids is 2. The number of nitrogens with one attached hydrogen (secondary N) is 1. The molecule has 0 radical (unpaired) electrons. The summed E-state index contributed by atoms with van der Waals surface area (Å²) in [5, 5.41) is 2.62. The van der Waals surface area contributed by atoms with Crippen LogP contribution in [0.25, 0.3) is 0 Å². The summed E-state index contributed by atoms with van der Waals surface area (Å²) in [7, 11) is 1.32. The number of hydrogen-bond acceptors (Lipinski definition) is 5. The van der Waals surface area contributed by atoms with E-state index in [2.05, 4.69) is 10.1 Å². The van der Waals surface area contributed by atoms with Gasteiger partial charge in [-0.1, -0.05) is 6.92 Å². The molecule has 106 valence electrons. The van der Waals surface area contributed by atoms with Crippen LogP contribution in [0.4, 0.5) is 4.79 Å². The van der Waals surface area contributed by atoms with Crippen LogP contribution in [0.1, 0.15) is 34.1 Å². The number of esters is 1. The predicted octanol–water partition coefficient (Wildman–Crippen LogP) is 1.04. The number of hydrogen-bond donors (Lipinski definition) is 2. The first-order chi connectivity index (χ1) is 8.15. The Kier molecular flexibility index (Phi) is 6.68. The van der Waals surface area contributed by atoms with Crippen molar-refractivity contribution in [3.8, 4) is 0 Å². The Morgan fingerprint density at radius 3 is 2.33 bits per heavy atom. The number of alkyl carbamates (subject to hydrolysis) is 1. The molecule has 0 saturated carbocycles. The maximum absolute atomic E-state index is 11.4. The van der Waals surface area contributed by atoms with Crippen LogP contribution in [0.2, 0.25) is 0 Å². The van der Waals surface area contributed by atoms with E-state index in [9.17, 15) is 9.59 Å². The molecule has 0 spiro atoms. The average molecular weight is 260 g/mol. The molecule has 0 bridgehead atoms. The topological polar surface area (TPSA) is 90.6 Å². The van der Waals surface area contributed by atoms with E-state index in [1.54, 1.807) is 20.8 Å². The Morgan fingerprint density at radius 1 is 1.33 bits per heavy atom. The molecule has 0 aliphatic rings. The van der Waals surface area contributed by atoms with Crippen LogP contribution in [0.3, 0.4) is 0 Å². The molecule has 0 rings (SSSR count). The van der Waals surface area contributed by atoms with E-state index in [1.807, 2.05) is 6.92 Å². The fraction of sp³-hybridized carbons (Fsp3) is 0.833. The van der Waals surface area contributed by atoms with Crippen LogP contribution in [0.5, 0.6) is 0 Å². The highest BCUT2D eigenvalue weighted by Crippen LogP contribution is 2.08. The largest absolute Gasteiger partial charge is 0.469 e. The van der Waals surface area contributed by atoms with Crippen molar-refractivity contribution in [2.75, 3.05) is 13.7 Å². The number of methoxy groups -OCH3 is 1. The first-order valence-corrected chi connectivity index (χ1v) is 5.95. The third kappa shape index (κ3) is 7.89. The average Bonchev–Trinajstić information content (AvgIpc) is 2.23. The second kappa shape index (κ2) is 7.20. The highest BCUT2D eigenvalue weighted by Gasteiger charge is 2.20. The van der Waals surface area contributed by atoms with Crippen molar-refractivity contribution < 1.29 is 19.1 Å². The fourth-order valence-electron chi connectivity index (χ4n) is 1.19. The standard InChI is InChI=1S/C12H24N2O4/c1-8(9(13)6-10(15)17-5)7-14-11(16)18-12(2,3)4/h8-9H,6-7,13H2,1-5H3,(H,14,16). The van der Waals surface area contributed by atoms with E-state index in [0.717, 1.165) is 0 Å². The van der Waals surface area contributed by atoms with E-state index >= 15 is 0 Å². The van der Waals surface area contributed by atoms with Gasteiger partial charge in [0.25, 0.3) is 0 Å². The maximum atomic E-state index is 11.4. The highest BCUT2D eigenvalue weighted by atomic mass is 16.6. The molecule has 0 aliphatic heterocycles. The molecular formula is C12H24N2O4. The van der Waals surface area contributed by atoms with Gasteiger partial charge in [0, 0.05) is 12.6 Å². The zero-order valence-electron chi connectivity index (χ0n) is 11.8. The van der Waals surface area contributed by atoms with Gasteiger partial charge in [-0.3, -0.25) is 4.79 Å². The molecule has 0 aliphatic carbocycles. The van der Waals surface area contributed by atoms with Crippen LogP contribution in [0, 0.1) is 5.92 Å². The van der Waals surface area contributed by atoms with E-state index in [1.165, 1.54) is 7.11 Å². The van der Waals surface area contributed by atoms with E-state index in [-0.39, 0.29) is 24.3 Å². The Hall–Kier alpha value is -1.30. The van der Waals surface area contributed by atoms with Gasteiger partial charge in [-0.2, -0.15) is 0 Å². The van der Waals surface area contributed by atoms with Crippen LogP contribution >= 0.6 is 0 Å². The molecule has 0 fully saturated rings. The molecule has 0 aromatic carbocycles. The minimum Gasteiger partial charge on any atom is -0.469 e. The van der Waals surface area contributed by atoms with Crippen LogP contribution < -0.4 is 11.1 Å². The zero-order valence-corrected chi connectivity index (χ0v) is 11.8. The van der Waals surface area contributed by atoms with Crippen LogP contribution in [-0.4, -0.2) is 37.4 Å². The quantitative estimate of drug-likeness (QED) is 0.721. The number of amides is 1. The molecular weight excluding hydrogens is 236 g/mol. The third-order valence-corrected chi connectivity index (χ3v) is 2.33. The lowest BCUT2D eigenvalue weighted by molar-refractivity contribution is -0.141. The van der Waals surface area contributed by atoms with Crippen molar-refractivity contribution >= 4 is 12.1 Å². The van der Waals surface area contributed by atoms with Gasteiger partial charge in [-0.25, -0.2) is 4.79 Å². The number of rotatable bonds is 5. The first kappa shape index (κ1) is 16.7. The lowest BCUT2D eigenvalue weighted by Crippen LogP contribution is -2.40. The summed E-state index contributed by atoms with van der Waals surface area (Å²) in [6.45, 7) is 7.58. The normalized spacial score (nSPS) is 14.6. The summed E-state index contributed by atoms with van der Waals surface area (Å²) in [6, 6.07) is -0.354. The third-order valence-electron chi connectivity index (χ3n) is 2.33. The van der Waals surface area contributed by atoms with Gasteiger partial charge in [0.1, 0.15) is 5.60 Å². The summed E-state index contributed by atoms with van der Waals surface area (Å²) >= 11 is 0. The second-order valence-corrected chi connectivity index (χ2v) is 5.30. The minimum absolute atomic E-state index is 0.0448. The molecule has 0 aromatic rings. The SMILES string of the molecule is COC(=O)CC(N)C(C)CNC(=O)OC(C)(C)C. The molecule has 3 N–H and O–H groups in total. The van der Waals surface area contributed by atoms with Crippen molar-refractivity contribution in [1.29, 1.82) is 0 Å². The van der Waals surface area contributed by atoms with Crippen molar-refractivity contribution in [2.45, 2.75) is 45.8 Å². The van der Waals surface area contributed by atoms with Gasteiger partial charge in [-0.15, -0.1) is 0 Å². The van der Waals surface area contributed by atoms with E-state index in [4.69, 9.17) is 10.5 Å². The van der Waals surface area contributed by atoms with Gasteiger partial charge in [-0.05, 0) is 26.7 Å². The van der Waals surface area contributed by atoms with Gasteiger partial charge < -0.3 is 20.5 Å². The molecule has 2 atom stereocenters. The van der Waals surface area contributed by atoms with Gasteiger partial charge in [0.2, 0.25) is 0 Å². The van der Waals surface area contributed by atoms with E-state index < -0.39 is 11.7 Å². The number of nitrogens with two attached hydrogens (primary N) is 1. The predicted molar refractivity (Wildman–Crippen MR) is 68.0 cm³/mol. The summed E-state index contributed by atoms with van der Waals surface area (Å²) in [5.74, 6) is -0.400. The molecule has 0 aromatic heterocycles. The second-order valence-electron chi connectivity index (χ2n) is 5.30. The van der Waals surface area contributed by atoms with Crippen molar-refractivity contribution in [3.63, 3.8) is 0 Å². The summed E-state index contributed by atoms with van der Waals surface area (Å²) in [5.41, 5.74) is 5.29. The minimum atomic E-state index is -0.526. The van der Waals surface area contributed by atoms with Crippen molar-refractivity contribution in [3.05, 3.63) is 0 Å². The van der Waals surface area contributed by atoms with Crippen LogP contribution in [-0.2, 0) is 14.3 Å².